The Bertz CT molecular complexity index is 1260. The monoisotopic (exact) mass is 503 g/mol. The first-order chi connectivity index (χ1) is 14.5. The van der Waals surface area contributed by atoms with Gasteiger partial charge in [0.2, 0.25) is 10.0 Å². The molecule has 0 saturated carbocycles. The summed E-state index contributed by atoms with van der Waals surface area (Å²) >= 11 is 0. The van der Waals surface area contributed by atoms with Gasteiger partial charge < -0.3 is 19.2 Å². The molecular formula is C20H22KN3O6S2. The summed E-state index contributed by atoms with van der Waals surface area (Å²) in [7, 11) is -4.75. The van der Waals surface area contributed by atoms with Crippen LogP contribution in [0.25, 0.3) is 0 Å². The van der Waals surface area contributed by atoms with Crippen LogP contribution in [-0.4, -0.2) is 46.8 Å². The molecule has 0 fully saturated rings. The van der Waals surface area contributed by atoms with Gasteiger partial charge in [-0.1, -0.05) is 18.2 Å². The van der Waals surface area contributed by atoms with Crippen molar-refractivity contribution in [2.24, 2.45) is 0 Å². The van der Waals surface area contributed by atoms with Crippen LogP contribution in [0.3, 0.4) is 0 Å². The minimum atomic E-state index is -4.98. The van der Waals surface area contributed by atoms with Gasteiger partial charge in [0.25, 0.3) is 0 Å². The molecule has 0 saturated heterocycles. The van der Waals surface area contributed by atoms with E-state index in [1.165, 1.54) is 26.4 Å². The van der Waals surface area contributed by atoms with E-state index in [-0.39, 0.29) is 74.2 Å². The number of hydrogen-bond acceptors (Lipinski definition) is 8. The Morgan fingerprint density at radius 1 is 0.938 bits per heavy atom. The minimum absolute atomic E-state index is 0. The van der Waals surface area contributed by atoms with Crippen molar-refractivity contribution in [2.75, 3.05) is 31.4 Å². The van der Waals surface area contributed by atoms with Gasteiger partial charge in [-0.2, -0.15) is 0 Å². The maximum absolute atomic E-state index is 13.0. The van der Waals surface area contributed by atoms with Gasteiger partial charge in [-0.05, 0) is 36.4 Å². The van der Waals surface area contributed by atoms with Crippen LogP contribution in [0.15, 0.2) is 75.1 Å². The molecule has 1 heterocycles. The van der Waals surface area contributed by atoms with E-state index in [0.717, 1.165) is 10.4 Å². The topological polar surface area (TPSA) is 123 Å². The zero-order valence-electron chi connectivity index (χ0n) is 18.1. The van der Waals surface area contributed by atoms with E-state index in [4.69, 9.17) is 4.42 Å². The maximum Gasteiger partial charge on any atom is 1.00 e. The number of para-hydroxylation sites is 1. The number of nitrogens with one attached hydrogen (secondary N) is 1. The first-order valence-electron chi connectivity index (χ1n) is 9.13. The van der Waals surface area contributed by atoms with E-state index < -0.39 is 25.0 Å². The molecule has 0 bridgehead atoms. The third kappa shape index (κ3) is 6.01. The number of sulfonamides is 1. The predicted molar refractivity (Wildman–Crippen MR) is 116 cm³/mol. The molecule has 0 spiro atoms. The molecule has 0 unspecified atom stereocenters. The van der Waals surface area contributed by atoms with E-state index in [1.807, 2.05) is 6.07 Å². The van der Waals surface area contributed by atoms with E-state index in [1.54, 1.807) is 48.3 Å². The van der Waals surface area contributed by atoms with Crippen LogP contribution in [-0.2, 0) is 26.7 Å². The largest absolute Gasteiger partial charge is 1.00 e. The molecule has 0 aliphatic heterocycles. The number of rotatable bonds is 8. The average molecular weight is 504 g/mol. The smallest absolute Gasteiger partial charge is 0.744 e. The molecule has 0 aliphatic rings. The molecular weight excluding hydrogens is 481 g/mol. The summed E-state index contributed by atoms with van der Waals surface area (Å²) in [6.07, 6.45) is 1.46. The zero-order valence-corrected chi connectivity index (χ0v) is 22.9. The van der Waals surface area contributed by atoms with Crippen molar-refractivity contribution in [1.82, 2.24) is 4.31 Å². The SMILES string of the molecule is CN(c1ccccc1)c1cc(NCc2ccco2)c(S(=O)(=O)[O-])cc1S(=O)(=O)N(C)C.[K+]. The summed E-state index contributed by atoms with van der Waals surface area (Å²) in [4.78, 5) is 0.641. The van der Waals surface area contributed by atoms with Crippen molar-refractivity contribution in [3.8, 4) is 0 Å². The summed E-state index contributed by atoms with van der Waals surface area (Å²) in [5, 5.41) is 2.87. The minimum Gasteiger partial charge on any atom is -0.744 e. The van der Waals surface area contributed by atoms with Crippen molar-refractivity contribution in [3.05, 3.63) is 66.6 Å². The first-order valence-corrected chi connectivity index (χ1v) is 12.0. The Balaban J connectivity index is 0.00000363. The van der Waals surface area contributed by atoms with E-state index in [0.29, 0.717) is 11.4 Å². The Labute approximate surface area is 230 Å². The maximum atomic E-state index is 13.0. The van der Waals surface area contributed by atoms with Gasteiger partial charge in [0.15, 0.2) is 0 Å². The van der Waals surface area contributed by atoms with Gasteiger partial charge >= 0.3 is 51.4 Å². The quantitative estimate of drug-likeness (QED) is 0.332. The van der Waals surface area contributed by atoms with Gasteiger partial charge in [-0.3, -0.25) is 0 Å². The summed E-state index contributed by atoms with van der Waals surface area (Å²) in [5.74, 6) is 0.511. The molecule has 166 valence electrons. The fourth-order valence-corrected chi connectivity index (χ4v) is 4.80. The molecule has 0 atom stereocenters. The van der Waals surface area contributed by atoms with Crippen molar-refractivity contribution >= 4 is 37.2 Å². The van der Waals surface area contributed by atoms with Crippen LogP contribution in [0.5, 0.6) is 0 Å². The second-order valence-electron chi connectivity index (χ2n) is 6.89. The van der Waals surface area contributed by atoms with Crippen LogP contribution in [0.4, 0.5) is 17.1 Å². The Morgan fingerprint density at radius 2 is 1.59 bits per heavy atom. The van der Waals surface area contributed by atoms with Crippen LogP contribution in [0.2, 0.25) is 0 Å². The number of furan rings is 1. The molecule has 32 heavy (non-hydrogen) atoms. The molecule has 0 radical (unpaired) electrons. The molecule has 1 aromatic heterocycles. The Kier molecular flexibility index (Phi) is 9.12. The molecule has 2 aromatic carbocycles. The van der Waals surface area contributed by atoms with Gasteiger partial charge in [0.1, 0.15) is 20.8 Å². The van der Waals surface area contributed by atoms with Crippen molar-refractivity contribution < 1.29 is 77.2 Å². The van der Waals surface area contributed by atoms with Crippen molar-refractivity contribution in [2.45, 2.75) is 16.3 Å². The molecule has 1 N–H and O–H groups in total. The Morgan fingerprint density at radius 3 is 2.12 bits per heavy atom. The number of benzene rings is 2. The molecule has 12 heteroatoms. The fraction of sp³-hybridized carbons (Fsp3) is 0.200. The summed E-state index contributed by atoms with van der Waals surface area (Å²) in [5.41, 5.74) is 0.851. The first kappa shape index (κ1) is 27.0. The van der Waals surface area contributed by atoms with E-state index >= 15 is 0 Å². The average Bonchev–Trinajstić information content (AvgIpc) is 3.24. The molecule has 3 rings (SSSR count). The van der Waals surface area contributed by atoms with Gasteiger partial charge in [0, 0.05) is 26.8 Å². The second-order valence-corrected chi connectivity index (χ2v) is 10.4. The van der Waals surface area contributed by atoms with E-state index in [9.17, 15) is 21.4 Å². The zero-order chi connectivity index (χ0) is 22.8. The van der Waals surface area contributed by atoms with E-state index in [2.05, 4.69) is 5.32 Å². The fourth-order valence-electron chi connectivity index (χ4n) is 2.95. The standard InChI is InChI=1S/C20H23N3O6S2.K/c1-22(2)30(24,25)20-13-19(31(26,27)28)17(21-14-16-10-7-11-29-16)12-18(20)23(3)15-8-5-4-6-9-15;/h4-13,21H,14H2,1-3H3,(H,26,27,28);/q;+1/p-1. The van der Waals surface area contributed by atoms with Gasteiger partial charge in [-0.25, -0.2) is 21.1 Å². The number of nitrogens with zero attached hydrogens (tertiary/aromatic N) is 2. The van der Waals surface area contributed by atoms with Crippen molar-refractivity contribution in [3.63, 3.8) is 0 Å². The second kappa shape index (κ2) is 10.8. The number of hydrogen-bond donors (Lipinski definition) is 1. The third-order valence-corrected chi connectivity index (χ3v) is 7.35. The Hall–Kier alpha value is -1.22. The van der Waals surface area contributed by atoms with Crippen LogP contribution >= 0.6 is 0 Å². The number of anilines is 3. The molecule has 3 aromatic rings. The molecule has 0 amide bonds. The normalized spacial score (nSPS) is 11.8. The molecule has 9 nitrogen and oxygen atoms in total. The summed E-state index contributed by atoms with van der Waals surface area (Å²) < 4.78 is 68.1. The predicted octanol–water partition coefficient (Wildman–Crippen LogP) is -0.182. The third-order valence-electron chi connectivity index (χ3n) is 4.63. The van der Waals surface area contributed by atoms with Crippen molar-refractivity contribution in [1.29, 1.82) is 0 Å². The molecule has 0 aliphatic carbocycles. The van der Waals surface area contributed by atoms with Crippen LogP contribution in [0, 0.1) is 0 Å². The summed E-state index contributed by atoms with van der Waals surface area (Å²) in [6, 6.07) is 14.5. The summed E-state index contributed by atoms with van der Waals surface area (Å²) in [6.45, 7) is 0.101. The van der Waals surface area contributed by atoms with Crippen LogP contribution < -0.4 is 61.6 Å². The van der Waals surface area contributed by atoms with Crippen LogP contribution in [0.1, 0.15) is 5.76 Å². The van der Waals surface area contributed by atoms with Gasteiger partial charge in [0.05, 0.1) is 29.1 Å². The van der Waals surface area contributed by atoms with Gasteiger partial charge in [-0.15, -0.1) is 0 Å².